The van der Waals surface area contributed by atoms with Gasteiger partial charge in [0.15, 0.2) is 0 Å². The van der Waals surface area contributed by atoms with Crippen molar-refractivity contribution in [2.75, 3.05) is 52.9 Å². The van der Waals surface area contributed by atoms with Crippen LogP contribution >= 0.6 is 0 Å². The van der Waals surface area contributed by atoms with Gasteiger partial charge in [-0.3, -0.25) is 0 Å². The minimum absolute atomic E-state index is 0.00696. The maximum Gasteiger partial charge on any atom is 0.0891 e. The molecular weight excluding hydrogens is 296 g/mol. The molecular formula is C18H36O5. The second-order valence-electron chi connectivity index (χ2n) is 8.15. The smallest absolute Gasteiger partial charge is 0.0891 e. The topological polar surface area (TPSA) is 46.2 Å². The summed E-state index contributed by atoms with van der Waals surface area (Å²) in [6.07, 6.45) is -0.0139. The quantitative estimate of drug-likeness (QED) is 0.682. The van der Waals surface area contributed by atoms with E-state index < -0.39 is 0 Å². The average Bonchev–Trinajstić information content (AvgIpc) is 2.42. The third-order valence-electron chi connectivity index (χ3n) is 3.78. The van der Waals surface area contributed by atoms with Gasteiger partial charge in [-0.15, -0.1) is 0 Å². The summed E-state index contributed by atoms with van der Waals surface area (Å²) in [6, 6.07) is 0. The predicted molar refractivity (Wildman–Crippen MR) is 90.8 cm³/mol. The van der Waals surface area contributed by atoms with E-state index in [2.05, 4.69) is 41.5 Å². The van der Waals surface area contributed by atoms with Crippen LogP contribution in [-0.4, -0.2) is 65.1 Å². The second-order valence-corrected chi connectivity index (χ2v) is 8.15. The van der Waals surface area contributed by atoms with Crippen LogP contribution in [0.25, 0.3) is 0 Å². The highest BCUT2D eigenvalue weighted by atomic mass is 16.6. The molecule has 138 valence electrons. The Morgan fingerprint density at radius 1 is 0.478 bits per heavy atom. The fourth-order valence-electron chi connectivity index (χ4n) is 2.59. The summed E-state index contributed by atoms with van der Waals surface area (Å²) in [7, 11) is 0. The normalized spacial score (nSPS) is 27.9. The van der Waals surface area contributed by atoms with E-state index in [1.54, 1.807) is 0 Å². The van der Waals surface area contributed by atoms with Crippen LogP contribution in [0.15, 0.2) is 0 Å². The molecule has 0 aromatic heterocycles. The monoisotopic (exact) mass is 332 g/mol. The van der Waals surface area contributed by atoms with Crippen molar-refractivity contribution in [3.05, 3.63) is 0 Å². The second kappa shape index (κ2) is 9.94. The maximum absolute atomic E-state index is 6.19. The lowest BCUT2D eigenvalue weighted by Crippen LogP contribution is -2.49. The minimum Gasteiger partial charge on any atom is -0.377 e. The van der Waals surface area contributed by atoms with Gasteiger partial charge >= 0.3 is 0 Å². The highest BCUT2D eigenvalue weighted by Gasteiger charge is 2.40. The molecule has 0 aromatic carbocycles. The largest absolute Gasteiger partial charge is 0.377 e. The van der Waals surface area contributed by atoms with Crippen molar-refractivity contribution in [2.45, 2.75) is 53.8 Å². The van der Waals surface area contributed by atoms with Gasteiger partial charge in [0.2, 0.25) is 0 Å². The van der Waals surface area contributed by atoms with E-state index in [4.69, 9.17) is 23.7 Å². The summed E-state index contributed by atoms with van der Waals surface area (Å²) in [5, 5.41) is 0. The number of hydrogen-bond donors (Lipinski definition) is 0. The first kappa shape index (κ1) is 20.8. The molecule has 0 amide bonds. The molecule has 1 saturated heterocycles. The van der Waals surface area contributed by atoms with Crippen LogP contribution in [-0.2, 0) is 23.7 Å². The van der Waals surface area contributed by atoms with Crippen LogP contribution in [0.1, 0.15) is 41.5 Å². The first-order valence-corrected chi connectivity index (χ1v) is 8.69. The van der Waals surface area contributed by atoms with Gasteiger partial charge in [-0.05, 0) is 10.8 Å². The molecule has 5 nitrogen and oxygen atoms in total. The van der Waals surface area contributed by atoms with Gasteiger partial charge in [0.05, 0.1) is 65.1 Å². The summed E-state index contributed by atoms with van der Waals surface area (Å²) in [6.45, 7) is 17.8. The molecule has 1 fully saturated rings. The van der Waals surface area contributed by atoms with Crippen molar-refractivity contribution in [3.8, 4) is 0 Å². The van der Waals surface area contributed by atoms with Crippen LogP contribution < -0.4 is 0 Å². The lowest BCUT2D eigenvalue weighted by molar-refractivity contribution is -0.163. The number of ether oxygens (including phenoxy) is 5. The molecule has 2 atom stereocenters. The summed E-state index contributed by atoms with van der Waals surface area (Å²) in [4.78, 5) is 0. The van der Waals surface area contributed by atoms with Crippen molar-refractivity contribution in [1.82, 2.24) is 0 Å². The van der Waals surface area contributed by atoms with Gasteiger partial charge in [-0.1, -0.05) is 41.5 Å². The van der Waals surface area contributed by atoms with Crippen molar-refractivity contribution < 1.29 is 23.7 Å². The fraction of sp³-hybridized carbons (Fsp3) is 1.00. The SMILES string of the molecule is CC(C)(C)C1OCCOCCOCCOCCOC1C(C)(C)C. The molecule has 0 aromatic rings. The van der Waals surface area contributed by atoms with Crippen LogP contribution in [0.3, 0.4) is 0 Å². The molecule has 0 spiro atoms. The van der Waals surface area contributed by atoms with E-state index in [1.807, 2.05) is 0 Å². The Morgan fingerprint density at radius 2 is 0.739 bits per heavy atom. The highest BCUT2D eigenvalue weighted by molar-refractivity contribution is 4.89. The molecule has 5 heteroatoms. The summed E-state index contributed by atoms with van der Waals surface area (Å²) in [5.41, 5.74) is -0.0360. The Kier molecular flexibility index (Phi) is 9.01. The van der Waals surface area contributed by atoms with Crippen molar-refractivity contribution in [1.29, 1.82) is 0 Å². The van der Waals surface area contributed by atoms with Gasteiger partial charge in [0, 0.05) is 0 Å². The van der Waals surface area contributed by atoms with E-state index in [9.17, 15) is 0 Å². The fourth-order valence-corrected chi connectivity index (χ4v) is 2.59. The van der Waals surface area contributed by atoms with Gasteiger partial charge in [0.1, 0.15) is 0 Å². The molecule has 0 N–H and O–H groups in total. The van der Waals surface area contributed by atoms with E-state index in [0.717, 1.165) is 0 Å². The Morgan fingerprint density at radius 3 is 1.00 bits per heavy atom. The summed E-state index contributed by atoms with van der Waals surface area (Å²) in [5.74, 6) is 0. The van der Waals surface area contributed by atoms with Crippen molar-refractivity contribution >= 4 is 0 Å². The van der Waals surface area contributed by atoms with Crippen LogP contribution in [0.4, 0.5) is 0 Å². The molecule has 0 aliphatic carbocycles. The summed E-state index contributed by atoms with van der Waals surface area (Å²) >= 11 is 0. The Labute approximate surface area is 142 Å². The van der Waals surface area contributed by atoms with Gasteiger partial charge in [0.25, 0.3) is 0 Å². The third-order valence-corrected chi connectivity index (χ3v) is 3.78. The molecule has 1 rings (SSSR count). The van der Waals surface area contributed by atoms with Crippen molar-refractivity contribution in [3.63, 3.8) is 0 Å². The maximum atomic E-state index is 6.19. The van der Waals surface area contributed by atoms with E-state index >= 15 is 0 Å². The highest BCUT2D eigenvalue weighted by Crippen LogP contribution is 2.35. The zero-order chi connectivity index (χ0) is 17.3. The predicted octanol–water partition coefficient (Wildman–Crippen LogP) is 2.91. The molecule has 0 bridgehead atoms. The molecule has 1 heterocycles. The third kappa shape index (κ3) is 8.45. The lowest BCUT2D eigenvalue weighted by atomic mass is 9.76. The number of hydrogen-bond acceptors (Lipinski definition) is 5. The van der Waals surface area contributed by atoms with Crippen molar-refractivity contribution in [2.24, 2.45) is 10.8 Å². The molecule has 1 aliphatic rings. The standard InChI is InChI=1S/C18H36O5/c1-17(2,3)15-16(18(4,5)6)23-14-12-21-10-8-19-7-9-20-11-13-22-15/h15-16H,7-14H2,1-6H3. The zero-order valence-corrected chi connectivity index (χ0v) is 15.9. The Hall–Kier alpha value is -0.200. The minimum atomic E-state index is -0.0180. The molecule has 0 radical (unpaired) electrons. The zero-order valence-electron chi connectivity index (χ0n) is 15.9. The van der Waals surface area contributed by atoms with Crippen LogP contribution in [0.2, 0.25) is 0 Å². The van der Waals surface area contributed by atoms with E-state index in [1.165, 1.54) is 0 Å². The summed E-state index contributed by atoms with van der Waals surface area (Å²) < 4.78 is 28.9. The number of rotatable bonds is 0. The van der Waals surface area contributed by atoms with E-state index in [-0.39, 0.29) is 23.0 Å². The first-order chi connectivity index (χ1) is 10.7. The van der Waals surface area contributed by atoms with Gasteiger partial charge in [-0.2, -0.15) is 0 Å². The average molecular weight is 332 g/mol. The Bertz CT molecular complexity index is 276. The molecule has 23 heavy (non-hydrogen) atoms. The lowest BCUT2D eigenvalue weighted by Gasteiger charge is -2.43. The molecule has 1 aliphatic heterocycles. The molecule has 2 unspecified atom stereocenters. The molecule has 0 saturated carbocycles. The van der Waals surface area contributed by atoms with Gasteiger partial charge in [-0.25, -0.2) is 0 Å². The first-order valence-electron chi connectivity index (χ1n) is 8.69. The van der Waals surface area contributed by atoms with Crippen LogP contribution in [0.5, 0.6) is 0 Å². The Balaban J connectivity index is 2.76. The van der Waals surface area contributed by atoms with Gasteiger partial charge < -0.3 is 23.7 Å². The van der Waals surface area contributed by atoms with E-state index in [0.29, 0.717) is 52.9 Å². The van der Waals surface area contributed by atoms with Crippen LogP contribution in [0, 0.1) is 10.8 Å².